The fraction of sp³-hybridized carbons (Fsp3) is 0.750. The monoisotopic (exact) mass is 200 g/mol. The maximum atomic E-state index is 11.3. The summed E-state index contributed by atoms with van der Waals surface area (Å²) in [6.45, 7) is 2.23. The molecular weight excluding hydrogens is 188 g/mol. The van der Waals surface area contributed by atoms with Crippen LogP contribution in [0.15, 0.2) is 5.29 Å². The van der Waals surface area contributed by atoms with E-state index in [9.17, 15) is 14.5 Å². The molecule has 0 aliphatic carbocycles. The number of nitrogens with zero attached hydrogens (tertiary/aromatic N) is 2. The van der Waals surface area contributed by atoms with Gasteiger partial charge in [0.05, 0.1) is 18.4 Å². The van der Waals surface area contributed by atoms with Gasteiger partial charge in [-0.1, -0.05) is 0 Å². The highest BCUT2D eigenvalue weighted by molar-refractivity contribution is 5.99. The first kappa shape index (κ1) is 10.6. The van der Waals surface area contributed by atoms with Crippen LogP contribution in [0.3, 0.4) is 0 Å². The predicted molar refractivity (Wildman–Crippen MR) is 47.1 cm³/mol. The lowest BCUT2D eigenvalue weighted by Gasteiger charge is -2.25. The van der Waals surface area contributed by atoms with Gasteiger partial charge in [-0.3, -0.25) is 14.6 Å². The number of nitroso groups, excluding NO2 is 1. The molecule has 0 bridgehead atoms. The molecule has 1 aliphatic rings. The molecule has 1 unspecified atom stereocenters. The number of ketones is 1. The Kier molecular flexibility index (Phi) is 3.55. The second-order valence-electron chi connectivity index (χ2n) is 3.02. The van der Waals surface area contributed by atoms with Crippen molar-refractivity contribution in [1.82, 2.24) is 5.01 Å². The zero-order valence-corrected chi connectivity index (χ0v) is 7.93. The van der Waals surface area contributed by atoms with E-state index in [1.165, 1.54) is 5.01 Å². The van der Waals surface area contributed by atoms with Crippen molar-refractivity contribution in [3.63, 3.8) is 0 Å². The summed E-state index contributed by atoms with van der Waals surface area (Å²) in [4.78, 5) is 32.8. The van der Waals surface area contributed by atoms with Crippen LogP contribution in [0.2, 0.25) is 0 Å². The molecule has 1 atom stereocenters. The maximum Gasteiger partial charge on any atom is 0.318 e. The number of esters is 1. The second kappa shape index (κ2) is 4.69. The van der Waals surface area contributed by atoms with E-state index in [1.807, 2.05) is 0 Å². The summed E-state index contributed by atoms with van der Waals surface area (Å²) < 4.78 is 4.71. The fourth-order valence-electron chi connectivity index (χ4n) is 1.34. The summed E-state index contributed by atoms with van der Waals surface area (Å²) >= 11 is 0. The molecule has 6 heteroatoms. The van der Waals surface area contributed by atoms with E-state index < -0.39 is 11.9 Å². The van der Waals surface area contributed by atoms with E-state index in [1.54, 1.807) is 6.92 Å². The minimum Gasteiger partial charge on any atom is -0.465 e. The Bertz CT molecular complexity index is 254. The average molecular weight is 200 g/mol. The number of ether oxygens (including phenoxy) is 1. The number of hydrogen-bond acceptors (Lipinski definition) is 5. The van der Waals surface area contributed by atoms with Gasteiger partial charge in [0.15, 0.2) is 5.78 Å². The maximum absolute atomic E-state index is 11.3. The number of piperidine rings is 1. The molecule has 0 aromatic carbocycles. The molecule has 0 amide bonds. The molecule has 1 heterocycles. The number of hydrogen-bond donors (Lipinski definition) is 0. The van der Waals surface area contributed by atoms with Crippen LogP contribution in [0.5, 0.6) is 0 Å². The summed E-state index contributed by atoms with van der Waals surface area (Å²) in [6.07, 6.45) is 0.176. The Hall–Kier alpha value is -1.46. The van der Waals surface area contributed by atoms with Crippen molar-refractivity contribution in [3.05, 3.63) is 4.91 Å². The first-order valence-corrected chi connectivity index (χ1v) is 4.46. The van der Waals surface area contributed by atoms with E-state index in [2.05, 4.69) is 5.29 Å². The molecule has 6 nitrogen and oxygen atoms in total. The molecule has 0 spiro atoms. The van der Waals surface area contributed by atoms with E-state index in [-0.39, 0.29) is 31.9 Å². The van der Waals surface area contributed by atoms with Crippen molar-refractivity contribution in [2.24, 2.45) is 11.2 Å². The van der Waals surface area contributed by atoms with E-state index in [0.29, 0.717) is 0 Å². The van der Waals surface area contributed by atoms with Crippen LogP contribution in [-0.4, -0.2) is 36.5 Å². The van der Waals surface area contributed by atoms with Crippen molar-refractivity contribution in [2.45, 2.75) is 13.3 Å². The molecule has 0 aromatic rings. The smallest absolute Gasteiger partial charge is 0.318 e. The van der Waals surface area contributed by atoms with Gasteiger partial charge in [0.2, 0.25) is 0 Å². The van der Waals surface area contributed by atoms with E-state index in [0.717, 1.165) is 0 Å². The Morgan fingerprint density at radius 1 is 1.71 bits per heavy atom. The van der Waals surface area contributed by atoms with Gasteiger partial charge < -0.3 is 4.74 Å². The molecule has 0 saturated carbocycles. The van der Waals surface area contributed by atoms with Crippen molar-refractivity contribution in [1.29, 1.82) is 0 Å². The lowest BCUT2D eigenvalue weighted by molar-refractivity contribution is -0.153. The van der Waals surface area contributed by atoms with Gasteiger partial charge in [0, 0.05) is 13.0 Å². The van der Waals surface area contributed by atoms with Gasteiger partial charge in [-0.2, -0.15) is 0 Å². The third kappa shape index (κ3) is 2.27. The van der Waals surface area contributed by atoms with Crippen LogP contribution in [0.25, 0.3) is 0 Å². The fourth-order valence-corrected chi connectivity index (χ4v) is 1.34. The average Bonchev–Trinajstić information content (AvgIpc) is 2.19. The first-order chi connectivity index (χ1) is 6.69. The van der Waals surface area contributed by atoms with Crippen molar-refractivity contribution in [3.8, 4) is 0 Å². The molecule has 0 aromatic heterocycles. The Balaban J connectivity index is 2.60. The molecule has 78 valence electrons. The lowest BCUT2D eigenvalue weighted by atomic mass is 9.98. The lowest BCUT2D eigenvalue weighted by Crippen LogP contribution is -2.42. The van der Waals surface area contributed by atoms with Gasteiger partial charge in [-0.25, -0.2) is 0 Å². The largest absolute Gasteiger partial charge is 0.465 e. The number of carbonyl (C=O) groups excluding carboxylic acids is 2. The highest BCUT2D eigenvalue weighted by Crippen LogP contribution is 2.14. The predicted octanol–water partition coefficient (Wildman–Crippen LogP) is 0.122. The van der Waals surface area contributed by atoms with Gasteiger partial charge in [0.25, 0.3) is 0 Å². The van der Waals surface area contributed by atoms with Gasteiger partial charge in [-0.05, 0) is 6.92 Å². The molecular formula is C8H12N2O4. The Labute approximate surface area is 81.1 Å². The normalized spacial score (nSPS) is 21.9. The molecule has 1 fully saturated rings. The molecule has 0 radical (unpaired) electrons. The molecule has 1 aliphatic heterocycles. The van der Waals surface area contributed by atoms with Crippen molar-refractivity contribution >= 4 is 11.8 Å². The highest BCUT2D eigenvalue weighted by Gasteiger charge is 2.34. The summed E-state index contributed by atoms with van der Waals surface area (Å²) in [6, 6.07) is 0. The number of carbonyl (C=O) groups is 2. The standard InChI is InChI=1S/C8H12N2O4/c1-2-14-8(12)6-5-10(9-13)4-3-7(6)11/h6H,2-5H2,1H3. The third-order valence-electron chi connectivity index (χ3n) is 2.08. The summed E-state index contributed by atoms with van der Waals surface area (Å²) in [5.74, 6) is -1.59. The van der Waals surface area contributed by atoms with Crippen LogP contribution in [0.1, 0.15) is 13.3 Å². The second-order valence-corrected chi connectivity index (χ2v) is 3.02. The molecule has 1 rings (SSSR count). The van der Waals surface area contributed by atoms with Crippen molar-refractivity contribution < 1.29 is 14.3 Å². The summed E-state index contributed by atoms with van der Waals surface area (Å²) in [5.41, 5.74) is 0. The topological polar surface area (TPSA) is 76.0 Å². The SMILES string of the molecule is CCOC(=O)C1CN(N=O)CCC1=O. The van der Waals surface area contributed by atoms with Crippen LogP contribution < -0.4 is 0 Å². The molecule has 0 N–H and O–H groups in total. The first-order valence-electron chi connectivity index (χ1n) is 4.46. The Morgan fingerprint density at radius 2 is 2.43 bits per heavy atom. The Morgan fingerprint density at radius 3 is 3.00 bits per heavy atom. The number of rotatable bonds is 3. The number of Topliss-reactive ketones (excluding diaryl/α,β-unsaturated/α-hetero) is 1. The van der Waals surface area contributed by atoms with E-state index in [4.69, 9.17) is 4.74 Å². The molecule has 14 heavy (non-hydrogen) atoms. The summed E-state index contributed by atoms with van der Waals surface area (Å²) in [5, 5.41) is 3.87. The van der Waals surface area contributed by atoms with Gasteiger partial charge in [-0.15, -0.1) is 4.91 Å². The van der Waals surface area contributed by atoms with Crippen LogP contribution in [0, 0.1) is 10.8 Å². The van der Waals surface area contributed by atoms with Crippen LogP contribution in [-0.2, 0) is 14.3 Å². The zero-order chi connectivity index (χ0) is 10.6. The van der Waals surface area contributed by atoms with Crippen LogP contribution in [0.4, 0.5) is 0 Å². The third-order valence-corrected chi connectivity index (χ3v) is 2.08. The van der Waals surface area contributed by atoms with Crippen LogP contribution >= 0.6 is 0 Å². The van der Waals surface area contributed by atoms with Crippen molar-refractivity contribution in [2.75, 3.05) is 19.7 Å². The summed E-state index contributed by atoms with van der Waals surface area (Å²) in [7, 11) is 0. The van der Waals surface area contributed by atoms with Gasteiger partial charge in [0.1, 0.15) is 5.92 Å². The quantitative estimate of drug-likeness (QED) is 0.367. The van der Waals surface area contributed by atoms with E-state index >= 15 is 0 Å². The molecule has 1 saturated heterocycles. The minimum absolute atomic E-state index is 0.0428. The zero-order valence-electron chi connectivity index (χ0n) is 7.93. The minimum atomic E-state index is -0.846. The highest BCUT2D eigenvalue weighted by atomic mass is 16.5. The van der Waals surface area contributed by atoms with Gasteiger partial charge >= 0.3 is 5.97 Å².